The first kappa shape index (κ1) is 18.0. The van der Waals surface area contributed by atoms with Crippen molar-refractivity contribution in [2.24, 2.45) is 0 Å². The van der Waals surface area contributed by atoms with Gasteiger partial charge in [-0.1, -0.05) is 37.1 Å². The first-order valence-corrected chi connectivity index (χ1v) is 9.56. The topological polar surface area (TPSA) is 64.0 Å². The number of hydrogen-bond acceptors (Lipinski definition) is 3. The summed E-state index contributed by atoms with van der Waals surface area (Å²) in [6.45, 7) is 4.91. The SMILES string of the molecule is CCCc1ccc(S(=O)(=O)NCCCn2cc(Cl)c(C)n2)cc1. The lowest BCUT2D eigenvalue weighted by Crippen LogP contribution is -2.25. The van der Waals surface area contributed by atoms with Crippen LogP contribution in [-0.2, 0) is 23.0 Å². The molecule has 2 aromatic rings. The van der Waals surface area contributed by atoms with E-state index < -0.39 is 10.0 Å². The summed E-state index contributed by atoms with van der Waals surface area (Å²) in [6.07, 6.45) is 4.39. The smallest absolute Gasteiger partial charge is 0.240 e. The van der Waals surface area contributed by atoms with Crippen LogP contribution in [0.25, 0.3) is 0 Å². The molecule has 126 valence electrons. The zero-order chi connectivity index (χ0) is 16.9. The molecule has 0 aliphatic rings. The predicted octanol–water partition coefficient (Wildman–Crippen LogP) is 3.17. The number of hydrogen-bond donors (Lipinski definition) is 1. The first-order chi connectivity index (χ1) is 10.9. The van der Waals surface area contributed by atoms with E-state index in [9.17, 15) is 8.42 Å². The van der Waals surface area contributed by atoms with Gasteiger partial charge < -0.3 is 0 Å². The Hall–Kier alpha value is -1.37. The highest BCUT2D eigenvalue weighted by Gasteiger charge is 2.13. The number of benzene rings is 1. The second kappa shape index (κ2) is 7.95. The molecule has 0 spiro atoms. The Labute approximate surface area is 142 Å². The maximum Gasteiger partial charge on any atom is 0.240 e. The summed E-state index contributed by atoms with van der Waals surface area (Å²) < 4.78 is 28.8. The lowest BCUT2D eigenvalue weighted by molar-refractivity contribution is 0.551. The van der Waals surface area contributed by atoms with Crippen LogP contribution in [0, 0.1) is 6.92 Å². The van der Waals surface area contributed by atoms with Crippen molar-refractivity contribution in [2.45, 2.75) is 44.6 Å². The standard InChI is InChI=1S/C16H22ClN3O2S/c1-3-5-14-6-8-15(9-7-14)23(21,22)18-10-4-11-20-12-16(17)13(2)19-20/h6-9,12,18H,3-5,10-11H2,1-2H3. The van der Waals surface area contributed by atoms with Gasteiger partial charge in [0.15, 0.2) is 0 Å². The van der Waals surface area contributed by atoms with Crippen molar-refractivity contribution in [3.8, 4) is 0 Å². The Morgan fingerprint density at radius 2 is 1.96 bits per heavy atom. The third kappa shape index (κ3) is 5.06. The fourth-order valence-electron chi connectivity index (χ4n) is 2.26. The molecular weight excluding hydrogens is 334 g/mol. The van der Waals surface area contributed by atoms with Crippen molar-refractivity contribution in [1.82, 2.24) is 14.5 Å². The van der Waals surface area contributed by atoms with Crippen LogP contribution < -0.4 is 4.72 Å². The van der Waals surface area contributed by atoms with Crippen LogP contribution in [0.15, 0.2) is 35.4 Å². The van der Waals surface area contributed by atoms with Crippen molar-refractivity contribution < 1.29 is 8.42 Å². The quantitative estimate of drug-likeness (QED) is 0.740. The molecule has 7 heteroatoms. The van der Waals surface area contributed by atoms with Gasteiger partial charge in [-0.3, -0.25) is 4.68 Å². The molecule has 0 bridgehead atoms. The molecule has 0 unspecified atom stereocenters. The van der Waals surface area contributed by atoms with Gasteiger partial charge in [-0.15, -0.1) is 0 Å². The van der Waals surface area contributed by atoms with Crippen molar-refractivity contribution in [3.05, 3.63) is 46.7 Å². The van der Waals surface area contributed by atoms with Crippen LogP contribution in [-0.4, -0.2) is 24.7 Å². The predicted molar refractivity (Wildman–Crippen MR) is 92.2 cm³/mol. The summed E-state index contributed by atoms with van der Waals surface area (Å²) in [6, 6.07) is 7.05. The Kier molecular flexibility index (Phi) is 6.21. The molecule has 1 heterocycles. The van der Waals surface area contributed by atoms with E-state index >= 15 is 0 Å². The number of nitrogens with zero attached hydrogens (tertiary/aromatic N) is 2. The van der Waals surface area contributed by atoms with E-state index in [1.54, 1.807) is 23.0 Å². The Morgan fingerprint density at radius 3 is 2.52 bits per heavy atom. The van der Waals surface area contributed by atoms with Crippen LogP contribution >= 0.6 is 11.6 Å². The third-order valence-electron chi connectivity index (χ3n) is 3.51. The minimum absolute atomic E-state index is 0.301. The molecule has 1 aromatic heterocycles. The maximum absolute atomic E-state index is 12.2. The molecule has 23 heavy (non-hydrogen) atoms. The van der Waals surface area contributed by atoms with Crippen molar-refractivity contribution in [1.29, 1.82) is 0 Å². The van der Waals surface area contributed by atoms with Gasteiger partial charge in [0.2, 0.25) is 10.0 Å². The molecular formula is C16H22ClN3O2S. The van der Waals surface area contributed by atoms with Gasteiger partial charge in [0.25, 0.3) is 0 Å². The lowest BCUT2D eigenvalue weighted by atomic mass is 10.1. The van der Waals surface area contributed by atoms with Crippen molar-refractivity contribution in [2.75, 3.05) is 6.54 Å². The number of halogens is 1. The van der Waals surface area contributed by atoms with Crippen LogP contribution in [0.3, 0.4) is 0 Å². The largest absolute Gasteiger partial charge is 0.271 e. The molecule has 1 N–H and O–H groups in total. The Morgan fingerprint density at radius 1 is 1.26 bits per heavy atom. The van der Waals surface area contributed by atoms with Crippen molar-refractivity contribution >= 4 is 21.6 Å². The van der Waals surface area contributed by atoms with Gasteiger partial charge in [0.05, 0.1) is 15.6 Å². The van der Waals surface area contributed by atoms with Crippen LogP contribution in [0.5, 0.6) is 0 Å². The molecule has 0 atom stereocenters. The molecule has 0 aliphatic heterocycles. The second-order valence-corrected chi connectivity index (χ2v) is 7.64. The highest BCUT2D eigenvalue weighted by Crippen LogP contribution is 2.13. The van der Waals surface area contributed by atoms with Gasteiger partial charge in [-0.2, -0.15) is 5.10 Å². The second-order valence-electron chi connectivity index (χ2n) is 5.47. The van der Waals surface area contributed by atoms with Crippen LogP contribution in [0.4, 0.5) is 0 Å². The van der Waals surface area contributed by atoms with Crippen LogP contribution in [0.1, 0.15) is 31.0 Å². The molecule has 0 fully saturated rings. The Bertz CT molecular complexity index is 720. The normalized spacial score (nSPS) is 11.8. The number of sulfonamides is 1. The molecule has 0 radical (unpaired) electrons. The number of aromatic nitrogens is 2. The van der Waals surface area contributed by atoms with Gasteiger partial charge in [0.1, 0.15) is 0 Å². The van der Waals surface area contributed by atoms with Gasteiger partial charge in [-0.05, 0) is 37.5 Å². The van der Waals surface area contributed by atoms with Crippen LogP contribution in [0.2, 0.25) is 5.02 Å². The monoisotopic (exact) mass is 355 g/mol. The average molecular weight is 356 g/mol. The molecule has 0 aliphatic carbocycles. The average Bonchev–Trinajstić information content (AvgIpc) is 2.83. The molecule has 2 rings (SSSR count). The molecule has 0 saturated heterocycles. The molecule has 0 saturated carbocycles. The first-order valence-electron chi connectivity index (χ1n) is 7.70. The van der Waals surface area contributed by atoms with E-state index in [-0.39, 0.29) is 0 Å². The highest BCUT2D eigenvalue weighted by molar-refractivity contribution is 7.89. The van der Waals surface area contributed by atoms with E-state index in [0.717, 1.165) is 24.1 Å². The molecule has 1 aromatic carbocycles. The lowest BCUT2D eigenvalue weighted by Gasteiger charge is -2.08. The van der Waals surface area contributed by atoms with E-state index in [0.29, 0.717) is 29.4 Å². The van der Waals surface area contributed by atoms with E-state index in [4.69, 9.17) is 11.6 Å². The number of rotatable bonds is 8. The fraction of sp³-hybridized carbons (Fsp3) is 0.438. The Balaban J connectivity index is 1.86. The summed E-state index contributed by atoms with van der Waals surface area (Å²) in [7, 11) is -3.46. The van der Waals surface area contributed by atoms with Gasteiger partial charge in [-0.25, -0.2) is 13.1 Å². The zero-order valence-corrected chi connectivity index (χ0v) is 15.0. The number of aryl methyl sites for hydroxylation is 3. The third-order valence-corrected chi connectivity index (χ3v) is 5.36. The minimum Gasteiger partial charge on any atom is -0.271 e. The van der Waals surface area contributed by atoms with E-state index in [1.165, 1.54) is 0 Å². The van der Waals surface area contributed by atoms with E-state index in [2.05, 4.69) is 16.7 Å². The maximum atomic E-state index is 12.2. The number of nitrogens with one attached hydrogen (secondary N) is 1. The molecule has 5 nitrogen and oxygen atoms in total. The summed E-state index contributed by atoms with van der Waals surface area (Å²) in [4.78, 5) is 0.301. The summed E-state index contributed by atoms with van der Waals surface area (Å²) in [5, 5.41) is 4.86. The van der Waals surface area contributed by atoms with E-state index in [1.807, 2.05) is 19.1 Å². The zero-order valence-electron chi connectivity index (χ0n) is 13.4. The summed E-state index contributed by atoms with van der Waals surface area (Å²) in [5.74, 6) is 0. The molecule has 0 amide bonds. The summed E-state index contributed by atoms with van der Waals surface area (Å²) in [5.41, 5.74) is 1.93. The van der Waals surface area contributed by atoms with Crippen molar-refractivity contribution in [3.63, 3.8) is 0 Å². The van der Waals surface area contributed by atoms with Gasteiger partial charge >= 0.3 is 0 Å². The van der Waals surface area contributed by atoms with Gasteiger partial charge in [0, 0.05) is 19.3 Å². The minimum atomic E-state index is -3.46. The summed E-state index contributed by atoms with van der Waals surface area (Å²) >= 11 is 5.94. The fourth-order valence-corrected chi connectivity index (χ4v) is 3.49. The highest BCUT2D eigenvalue weighted by atomic mass is 35.5.